The number of pyridine rings is 1. The summed E-state index contributed by atoms with van der Waals surface area (Å²) >= 11 is 0. The molecular formula is C18H22N4O5S. The van der Waals surface area contributed by atoms with E-state index in [2.05, 4.69) is 10.4 Å². The molecule has 3 heterocycles. The van der Waals surface area contributed by atoms with Gasteiger partial charge in [0.2, 0.25) is 0 Å². The third-order valence-electron chi connectivity index (χ3n) is 5.24. The predicted octanol–water partition coefficient (Wildman–Crippen LogP) is 0.880. The first-order valence-corrected chi connectivity index (χ1v) is 11.1. The highest BCUT2D eigenvalue weighted by Gasteiger charge is 2.34. The Kier molecular flexibility index (Phi) is 4.60. The molecule has 1 aliphatic carbocycles. The third kappa shape index (κ3) is 3.48. The highest BCUT2D eigenvalue weighted by atomic mass is 32.2. The zero-order chi connectivity index (χ0) is 20.1. The van der Waals surface area contributed by atoms with Crippen LogP contribution in [0.15, 0.2) is 6.07 Å². The van der Waals surface area contributed by atoms with E-state index < -0.39 is 21.7 Å². The number of esters is 1. The van der Waals surface area contributed by atoms with Gasteiger partial charge in [0.25, 0.3) is 5.91 Å². The van der Waals surface area contributed by atoms with Gasteiger partial charge in [-0.2, -0.15) is 5.10 Å². The lowest BCUT2D eigenvalue weighted by molar-refractivity contribution is -0.123. The van der Waals surface area contributed by atoms with Crippen LogP contribution < -0.4 is 5.32 Å². The van der Waals surface area contributed by atoms with Crippen LogP contribution in [0.1, 0.15) is 53.0 Å². The molecule has 1 saturated heterocycles. The lowest BCUT2D eigenvalue weighted by Crippen LogP contribution is -2.25. The Morgan fingerprint density at radius 2 is 2.07 bits per heavy atom. The van der Waals surface area contributed by atoms with Gasteiger partial charge in [0.1, 0.15) is 0 Å². The fourth-order valence-electron chi connectivity index (χ4n) is 3.59. The van der Waals surface area contributed by atoms with E-state index in [1.807, 2.05) is 0 Å². The highest BCUT2D eigenvalue weighted by molar-refractivity contribution is 7.91. The van der Waals surface area contributed by atoms with Crippen molar-refractivity contribution in [3.8, 4) is 0 Å². The number of fused-ring (bicyclic) bond motifs is 1. The molecule has 2 aromatic rings. The summed E-state index contributed by atoms with van der Waals surface area (Å²) in [6.45, 7) is 1.39. The summed E-state index contributed by atoms with van der Waals surface area (Å²) in [5.41, 5.74) is 2.19. The lowest BCUT2D eigenvalue weighted by atomic mass is 10.1. The van der Waals surface area contributed by atoms with Crippen LogP contribution in [-0.2, 0) is 19.4 Å². The Balaban J connectivity index is 1.79. The van der Waals surface area contributed by atoms with E-state index in [0.717, 1.165) is 18.5 Å². The van der Waals surface area contributed by atoms with Gasteiger partial charge in [0, 0.05) is 18.7 Å². The van der Waals surface area contributed by atoms with Gasteiger partial charge in [-0.05, 0) is 32.3 Å². The van der Waals surface area contributed by atoms with Gasteiger partial charge in [0.05, 0.1) is 34.2 Å². The molecule has 150 valence electrons. The number of aromatic nitrogens is 3. The van der Waals surface area contributed by atoms with Gasteiger partial charge in [-0.3, -0.25) is 4.79 Å². The number of nitrogens with zero attached hydrogens (tertiary/aromatic N) is 3. The molecule has 1 aliphatic heterocycles. The molecule has 0 bridgehead atoms. The van der Waals surface area contributed by atoms with E-state index in [0.29, 0.717) is 28.7 Å². The van der Waals surface area contributed by atoms with Crippen LogP contribution >= 0.6 is 0 Å². The fourth-order valence-corrected chi connectivity index (χ4v) is 5.28. The molecule has 1 saturated carbocycles. The molecule has 1 unspecified atom stereocenters. The Morgan fingerprint density at radius 1 is 1.32 bits per heavy atom. The number of hydrogen-bond donors (Lipinski definition) is 1. The second kappa shape index (κ2) is 6.84. The number of amides is 1. The molecule has 1 amide bonds. The van der Waals surface area contributed by atoms with Crippen LogP contribution in [0.4, 0.5) is 0 Å². The molecule has 4 rings (SSSR count). The summed E-state index contributed by atoms with van der Waals surface area (Å²) in [7, 11) is -1.62. The lowest BCUT2D eigenvalue weighted by Gasteiger charge is -2.11. The van der Waals surface area contributed by atoms with E-state index in [1.165, 1.54) is 7.05 Å². The van der Waals surface area contributed by atoms with Crippen LogP contribution in [0.3, 0.4) is 0 Å². The normalized spacial score (nSPS) is 21.0. The van der Waals surface area contributed by atoms with E-state index in [4.69, 9.17) is 9.72 Å². The molecule has 1 N–H and O–H groups in total. The standard InChI is InChI=1S/C18H22N4O5S/c1-10-16-13(18(24)27-8-15(23)19-2)7-14(11-3-4-11)20-17(16)22(21-10)12-5-6-28(25,26)9-12/h7,11-12H,3-6,8-9H2,1-2H3,(H,19,23). The second-order valence-electron chi connectivity index (χ2n) is 7.40. The Hall–Kier alpha value is -2.49. The monoisotopic (exact) mass is 406 g/mol. The van der Waals surface area contributed by atoms with Crippen LogP contribution in [-0.4, -0.2) is 60.2 Å². The fraction of sp³-hybridized carbons (Fsp3) is 0.556. The minimum absolute atomic E-state index is 0.0228. The molecule has 0 radical (unpaired) electrons. The summed E-state index contributed by atoms with van der Waals surface area (Å²) in [5.74, 6) is -0.578. The maximum absolute atomic E-state index is 12.7. The van der Waals surface area contributed by atoms with Gasteiger partial charge in [-0.1, -0.05) is 0 Å². The number of aryl methyl sites for hydroxylation is 1. The first kappa shape index (κ1) is 18.9. The quantitative estimate of drug-likeness (QED) is 0.732. The molecule has 0 aromatic carbocycles. The zero-order valence-corrected chi connectivity index (χ0v) is 16.6. The zero-order valence-electron chi connectivity index (χ0n) is 15.8. The number of nitrogens with one attached hydrogen (secondary N) is 1. The molecular weight excluding hydrogens is 384 g/mol. The van der Waals surface area contributed by atoms with Gasteiger partial charge in [-0.25, -0.2) is 22.9 Å². The Labute approximate surface area is 162 Å². The number of hydrogen-bond acceptors (Lipinski definition) is 7. The van der Waals surface area contributed by atoms with Crippen molar-refractivity contribution in [1.29, 1.82) is 0 Å². The van der Waals surface area contributed by atoms with Crippen LogP contribution in [0.2, 0.25) is 0 Å². The summed E-state index contributed by atoms with van der Waals surface area (Å²) in [6.07, 6.45) is 2.47. The van der Waals surface area contributed by atoms with Crippen molar-refractivity contribution in [2.24, 2.45) is 0 Å². The number of likely N-dealkylation sites (N-methyl/N-ethyl adjacent to an activating group) is 1. The Bertz CT molecular complexity index is 1070. The molecule has 10 heteroatoms. The van der Waals surface area contributed by atoms with Crippen LogP contribution in [0.25, 0.3) is 11.0 Å². The van der Waals surface area contributed by atoms with E-state index in [9.17, 15) is 18.0 Å². The van der Waals surface area contributed by atoms with Gasteiger partial charge in [-0.15, -0.1) is 0 Å². The number of carbonyl (C=O) groups is 2. The SMILES string of the molecule is CNC(=O)COC(=O)c1cc(C2CC2)nc2c1c(C)nn2C1CCS(=O)(=O)C1. The summed E-state index contributed by atoms with van der Waals surface area (Å²) in [4.78, 5) is 28.8. The number of carbonyl (C=O) groups excluding carboxylic acids is 2. The maximum Gasteiger partial charge on any atom is 0.339 e. The molecule has 0 spiro atoms. The van der Waals surface area contributed by atoms with Crippen molar-refractivity contribution in [3.63, 3.8) is 0 Å². The van der Waals surface area contributed by atoms with Gasteiger partial charge in [0.15, 0.2) is 22.1 Å². The summed E-state index contributed by atoms with van der Waals surface area (Å²) in [6, 6.07) is 1.43. The van der Waals surface area contributed by atoms with Crippen molar-refractivity contribution in [1.82, 2.24) is 20.1 Å². The van der Waals surface area contributed by atoms with Crippen molar-refractivity contribution in [3.05, 3.63) is 23.0 Å². The van der Waals surface area contributed by atoms with E-state index >= 15 is 0 Å². The average molecular weight is 406 g/mol. The predicted molar refractivity (Wildman–Crippen MR) is 101 cm³/mol. The van der Waals surface area contributed by atoms with Crippen molar-refractivity contribution in [2.45, 2.75) is 38.1 Å². The second-order valence-corrected chi connectivity index (χ2v) is 9.63. The van der Waals surface area contributed by atoms with Gasteiger partial charge < -0.3 is 10.1 Å². The number of ether oxygens (including phenoxy) is 1. The first-order chi connectivity index (χ1) is 13.3. The minimum Gasteiger partial charge on any atom is -0.452 e. The van der Waals surface area contributed by atoms with Crippen molar-refractivity contribution < 1.29 is 22.7 Å². The van der Waals surface area contributed by atoms with Crippen molar-refractivity contribution >= 4 is 32.7 Å². The molecule has 1 atom stereocenters. The smallest absolute Gasteiger partial charge is 0.339 e. The molecule has 2 fully saturated rings. The molecule has 9 nitrogen and oxygen atoms in total. The number of sulfone groups is 1. The summed E-state index contributed by atoms with van der Waals surface area (Å²) in [5, 5.41) is 7.47. The van der Waals surface area contributed by atoms with Crippen LogP contribution in [0.5, 0.6) is 0 Å². The van der Waals surface area contributed by atoms with E-state index in [1.54, 1.807) is 17.7 Å². The minimum atomic E-state index is -3.09. The number of rotatable bonds is 5. The van der Waals surface area contributed by atoms with E-state index in [-0.39, 0.29) is 30.1 Å². The summed E-state index contributed by atoms with van der Waals surface area (Å²) < 4.78 is 30.6. The molecule has 2 aliphatic rings. The largest absolute Gasteiger partial charge is 0.452 e. The molecule has 2 aromatic heterocycles. The highest BCUT2D eigenvalue weighted by Crippen LogP contribution is 2.41. The molecule has 28 heavy (non-hydrogen) atoms. The van der Waals surface area contributed by atoms with Crippen molar-refractivity contribution in [2.75, 3.05) is 25.2 Å². The average Bonchev–Trinajstić information content (AvgIpc) is 3.38. The Morgan fingerprint density at radius 3 is 2.68 bits per heavy atom. The van der Waals surface area contributed by atoms with Gasteiger partial charge >= 0.3 is 5.97 Å². The maximum atomic E-state index is 12.7. The first-order valence-electron chi connectivity index (χ1n) is 9.27. The third-order valence-corrected chi connectivity index (χ3v) is 6.99. The van der Waals surface area contributed by atoms with Crippen LogP contribution in [0, 0.1) is 6.92 Å². The topological polar surface area (TPSA) is 120 Å².